The fourth-order valence-electron chi connectivity index (χ4n) is 4.28. The summed E-state index contributed by atoms with van der Waals surface area (Å²) < 4.78 is 26.4. The number of hydrogen-bond acceptors (Lipinski definition) is 5. The summed E-state index contributed by atoms with van der Waals surface area (Å²) in [4.78, 5) is 41.3. The number of hydrogen-bond donors (Lipinski definition) is 1. The van der Waals surface area contributed by atoms with Crippen molar-refractivity contribution in [2.75, 3.05) is 13.2 Å². The first-order valence-electron chi connectivity index (χ1n) is 11.4. The Morgan fingerprint density at radius 3 is 2.63 bits per heavy atom. The maximum absolute atomic E-state index is 13.4. The van der Waals surface area contributed by atoms with Gasteiger partial charge < -0.3 is 24.3 Å². The Kier molecular flexibility index (Phi) is 6.33. The predicted molar refractivity (Wildman–Crippen MR) is 124 cm³/mol. The number of aromatic nitrogens is 1. The van der Waals surface area contributed by atoms with Crippen molar-refractivity contribution < 1.29 is 23.5 Å². The van der Waals surface area contributed by atoms with Crippen LogP contribution in [0.3, 0.4) is 0 Å². The Balaban J connectivity index is 1.48. The molecule has 180 valence electrons. The first-order valence-corrected chi connectivity index (χ1v) is 11.4. The molecule has 1 unspecified atom stereocenters. The minimum atomic E-state index is -0.659. The van der Waals surface area contributed by atoms with Crippen LogP contribution in [0, 0.1) is 5.82 Å². The van der Waals surface area contributed by atoms with E-state index in [0.29, 0.717) is 25.1 Å². The summed E-state index contributed by atoms with van der Waals surface area (Å²) in [6.07, 6.45) is 1.62. The van der Waals surface area contributed by atoms with Crippen molar-refractivity contribution in [3.63, 3.8) is 0 Å². The third-order valence-electron chi connectivity index (χ3n) is 6.09. The first kappa shape index (κ1) is 22.8. The number of amides is 2. The fraction of sp³-hybridized carbons (Fsp3) is 0.269. The molecule has 0 spiro atoms. The highest BCUT2D eigenvalue weighted by molar-refractivity contribution is 5.99. The van der Waals surface area contributed by atoms with E-state index in [4.69, 9.17) is 9.47 Å². The van der Waals surface area contributed by atoms with Crippen LogP contribution in [0.2, 0.25) is 0 Å². The van der Waals surface area contributed by atoms with Gasteiger partial charge in [-0.3, -0.25) is 14.4 Å². The summed E-state index contributed by atoms with van der Waals surface area (Å²) in [5.74, 6) is -1.51. The average Bonchev–Trinajstić information content (AvgIpc) is 2.88. The second kappa shape index (κ2) is 9.71. The molecule has 1 saturated heterocycles. The van der Waals surface area contributed by atoms with Gasteiger partial charge in [0, 0.05) is 19.3 Å². The molecule has 2 amide bonds. The fourth-order valence-corrected chi connectivity index (χ4v) is 4.28. The molecule has 0 bridgehead atoms. The molecule has 35 heavy (non-hydrogen) atoms. The number of carbonyl (C=O) groups is 2. The summed E-state index contributed by atoms with van der Waals surface area (Å²) in [7, 11) is 0. The van der Waals surface area contributed by atoms with Crippen molar-refractivity contribution in [1.82, 2.24) is 14.8 Å². The average molecular weight is 477 g/mol. The van der Waals surface area contributed by atoms with Crippen LogP contribution in [0.15, 0.2) is 65.6 Å². The van der Waals surface area contributed by atoms with Gasteiger partial charge in [0.15, 0.2) is 17.7 Å². The number of nitrogens with one attached hydrogen (secondary N) is 1. The highest BCUT2D eigenvalue weighted by atomic mass is 19.1. The Labute approximate surface area is 200 Å². The second-order valence-corrected chi connectivity index (χ2v) is 8.46. The van der Waals surface area contributed by atoms with Crippen molar-refractivity contribution >= 4 is 11.8 Å². The summed E-state index contributed by atoms with van der Waals surface area (Å²) in [5.41, 5.74) is 0.811. The molecule has 1 fully saturated rings. The van der Waals surface area contributed by atoms with Gasteiger partial charge in [-0.25, -0.2) is 4.39 Å². The second-order valence-electron chi connectivity index (χ2n) is 8.46. The van der Waals surface area contributed by atoms with Gasteiger partial charge in [-0.15, -0.1) is 0 Å². The topological polar surface area (TPSA) is 89.9 Å². The normalized spacial score (nSPS) is 16.9. The van der Waals surface area contributed by atoms with Crippen LogP contribution in [0.4, 0.5) is 4.39 Å². The minimum Gasteiger partial charge on any atom is -0.483 e. The van der Waals surface area contributed by atoms with Gasteiger partial charge >= 0.3 is 0 Å². The van der Waals surface area contributed by atoms with Gasteiger partial charge in [-0.2, -0.15) is 0 Å². The number of benzene rings is 2. The Morgan fingerprint density at radius 2 is 1.86 bits per heavy atom. The summed E-state index contributed by atoms with van der Waals surface area (Å²) in [6.45, 7) is 1.51. The summed E-state index contributed by atoms with van der Waals surface area (Å²) >= 11 is 0. The van der Waals surface area contributed by atoms with Gasteiger partial charge in [0.25, 0.3) is 11.8 Å². The number of carbonyl (C=O) groups excluding carboxylic acids is 2. The first-order chi connectivity index (χ1) is 17.0. The molecule has 3 aromatic rings. The Morgan fingerprint density at radius 1 is 1.09 bits per heavy atom. The molecule has 1 aromatic heterocycles. The Hall–Kier alpha value is -3.98. The van der Waals surface area contributed by atoms with E-state index in [1.54, 1.807) is 21.6 Å². The van der Waals surface area contributed by atoms with E-state index < -0.39 is 17.6 Å². The SMILES string of the molecule is O=C(NCc1ccc(F)cc1)c1cn2c(c(OCc3ccccc3)c1=O)C(=O)N1CCCOC1C2. The van der Waals surface area contributed by atoms with Gasteiger partial charge in [-0.05, 0) is 29.7 Å². The third kappa shape index (κ3) is 4.67. The van der Waals surface area contributed by atoms with Crippen LogP contribution in [-0.4, -0.2) is 40.7 Å². The molecule has 0 radical (unpaired) electrons. The molecular formula is C26H24FN3O5. The van der Waals surface area contributed by atoms with E-state index in [9.17, 15) is 18.8 Å². The maximum Gasteiger partial charge on any atom is 0.276 e. The van der Waals surface area contributed by atoms with Crippen LogP contribution in [0.25, 0.3) is 0 Å². The van der Waals surface area contributed by atoms with E-state index in [1.807, 2.05) is 30.3 Å². The number of rotatable bonds is 6. The largest absolute Gasteiger partial charge is 0.483 e. The van der Waals surface area contributed by atoms with Gasteiger partial charge in [-0.1, -0.05) is 42.5 Å². The smallest absolute Gasteiger partial charge is 0.276 e. The molecule has 2 aliphatic rings. The van der Waals surface area contributed by atoms with E-state index in [1.165, 1.54) is 18.3 Å². The van der Waals surface area contributed by atoms with Gasteiger partial charge in [0.05, 0.1) is 13.2 Å². The van der Waals surface area contributed by atoms with Crippen LogP contribution in [0.1, 0.15) is 38.4 Å². The molecule has 2 aromatic carbocycles. The lowest BCUT2D eigenvalue weighted by atomic mass is 10.1. The highest BCUT2D eigenvalue weighted by Gasteiger charge is 2.38. The van der Waals surface area contributed by atoms with Crippen molar-refractivity contribution in [1.29, 1.82) is 0 Å². The standard InChI is InChI=1S/C26H24FN3O5/c27-19-9-7-17(8-10-19)13-28-25(32)20-14-29-15-21-30(11-4-12-34-21)26(33)22(29)24(23(20)31)35-16-18-5-2-1-3-6-18/h1-3,5-10,14,21H,4,11-13,15-16H2,(H,28,32). The molecule has 2 aliphatic heterocycles. The quantitative estimate of drug-likeness (QED) is 0.590. The number of nitrogens with zero attached hydrogens (tertiary/aromatic N) is 2. The molecule has 3 heterocycles. The zero-order valence-electron chi connectivity index (χ0n) is 18.9. The summed E-state index contributed by atoms with van der Waals surface area (Å²) in [6, 6.07) is 15.0. The van der Waals surface area contributed by atoms with Crippen LogP contribution >= 0.6 is 0 Å². The van der Waals surface area contributed by atoms with Crippen molar-refractivity contribution in [2.24, 2.45) is 0 Å². The number of ether oxygens (including phenoxy) is 2. The number of halogens is 1. The van der Waals surface area contributed by atoms with Crippen LogP contribution in [0.5, 0.6) is 5.75 Å². The molecule has 8 nitrogen and oxygen atoms in total. The van der Waals surface area contributed by atoms with Crippen molar-refractivity contribution in [3.05, 3.63) is 99.2 Å². The maximum atomic E-state index is 13.4. The third-order valence-corrected chi connectivity index (χ3v) is 6.09. The molecule has 0 saturated carbocycles. The Bertz CT molecular complexity index is 1310. The lowest BCUT2D eigenvalue weighted by Crippen LogP contribution is -2.53. The molecule has 5 rings (SSSR count). The summed E-state index contributed by atoms with van der Waals surface area (Å²) in [5, 5.41) is 2.69. The molecular weight excluding hydrogens is 453 g/mol. The lowest BCUT2D eigenvalue weighted by molar-refractivity contribution is -0.0920. The van der Waals surface area contributed by atoms with Gasteiger partial charge in [0.2, 0.25) is 5.43 Å². The lowest BCUT2D eigenvalue weighted by Gasteiger charge is -2.40. The minimum absolute atomic E-state index is 0.0664. The molecule has 9 heteroatoms. The van der Waals surface area contributed by atoms with Gasteiger partial charge in [0.1, 0.15) is 18.0 Å². The van der Waals surface area contributed by atoms with E-state index in [-0.39, 0.29) is 48.4 Å². The van der Waals surface area contributed by atoms with Crippen LogP contribution < -0.4 is 15.5 Å². The monoisotopic (exact) mass is 477 g/mol. The van der Waals surface area contributed by atoms with Crippen molar-refractivity contribution in [2.45, 2.75) is 32.3 Å². The molecule has 1 atom stereocenters. The zero-order valence-corrected chi connectivity index (χ0v) is 18.9. The van der Waals surface area contributed by atoms with Crippen molar-refractivity contribution in [3.8, 4) is 5.75 Å². The van der Waals surface area contributed by atoms with E-state index in [0.717, 1.165) is 5.56 Å². The predicted octanol–water partition coefficient (Wildman–Crippen LogP) is 2.70. The molecule has 0 aliphatic carbocycles. The van der Waals surface area contributed by atoms with Crippen LogP contribution in [-0.2, 0) is 24.4 Å². The molecule has 1 N–H and O–H groups in total. The number of pyridine rings is 1. The van der Waals surface area contributed by atoms with E-state index >= 15 is 0 Å². The highest BCUT2D eigenvalue weighted by Crippen LogP contribution is 2.27. The zero-order chi connectivity index (χ0) is 24.4. The number of fused-ring (bicyclic) bond motifs is 2. The van der Waals surface area contributed by atoms with E-state index in [2.05, 4.69) is 5.32 Å².